The van der Waals surface area contributed by atoms with Crippen molar-refractivity contribution in [2.45, 2.75) is 0 Å². The molecule has 0 spiro atoms. The van der Waals surface area contributed by atoms with Gasteiger partial charge in [0.2, 0.25) is 0 Å². The van der Waals surface area contributed by atoms with Crippen LogP contribution < -0.4 is 0 Å². The van der Waals surface area contributed by atoms with E-state index in [9.17, 15) is 14.4 Å². The zero-order chi connectivity index (χ0) is 17.1. The van der Waals surface area contributed by atoms with Gasteiger partial charge in [-0.3, -0.25) is 24.3 Å². The molecule has 0 bridgehead atoms. The van der Waals surface area contributed by atoms with Crippen LogP contribution in [-0.2, 0) is 4.79 Å². The van der Waals surface area contributed by atoms with Gasteiger partial charge in [0.25, 0.3) is 11.1 Å². The predicted octanol–water partition coefficient (Wildman–Crippen LogP) is 3.76. The molecule has 2 aromatic rings. The molecule has 1 aliphatic heterocycles. The minimum atomic E-state index is -0.452. The number of rotatable bonds is 4. The molecule has 5 nitrogen and oxygen atoms in total. The van der Waals surface area contributed by atoms with Crippen LogP contribution in [-0.4, -0.2) is 33.4 Å². The second-order valence-corrected chi connectivity index (χ2v) is 6.89. The van der Waals surface area contributed by atoms with E-state index in [-0.39, 0.29) is 12.3 Å². The summed E-state index contributed by atoms with van der Waals surface area (Å²) in [7, 11) is 0. The number of Topliss-reactive ketones (excluding diaryl/α,β-unsaturated/α-hetero) is 1. The number of carbonyl (C=O) groups is 3. The molecule has 1 aromatic heterocycles. The number of thioether (sulfide) groups is 1. The molecular formula is C17H11BrN2O3S. The fourth-order valence-corrected chi connectivity index (χ4v) is 3.22. The second-order valence-electron chi connectivity index (χ2n) is 4.98. The summed E-state index contributed by atoms with van der Waals surface area (Å²) >= 11 is 4.13. The molecule has 1 saturated heterocycles. The molecule has 1 aliphatic rings. The first kappa shape index (κ1) is 16.6. The number of ketones is 1. The molecule has 0 aliphatic carbocycles. The highest BCUT2D eigenvalue weighted by atomic mass is 79.9. The van der Waals surface area contributed by atoms with Crippen molar-refractivity contribution in [3.05, 3.63) is 69.3 Å². The van der Waals surface area contributed by atoms with E-state index >= 15 is 0 Å². The van der Waals surface area contributed by atoms with Gasteiger partial charge in [0.15, 0.2) is 5.78 Å². The fourth-order valence-electron chi connectivity index (χ4n) is 2.12. The normalized spacial score (nSPS) is 16.0. The van der Waals surface area contributed by atoms with Crippen molar-refractivity contribution in [1.82, 2.24) is 9.88 Å². The van der Waals surface area contributed by atoms with E-state index in [4.69, 9.17) is 0 Å². The lowest BCUT2D eigenvalue weighted by molar-refractivity contribution is -0.122. The van der Waals surface area contributed by atoms with Crippen LogP contribution in [0.2, 0.25) is 0 Å². The van der Waals surface area contributed by atoms with Gasteiger partial charge < -0.3 is 0 Å². The summed E-state index contributed by atoms with van der Waals surface area (Å²) in [5.74, 6) is -0.734. The molecule has 0 atom stereocenters. The highest BCUT2D eigenvalue weighted by Gasteiger charge is 2.36. The van der Waals surface area contributed by atoms with Crippen LogP contribution in [0.3, 0.4) is 0 Å². The topological polar surface area (TPSA) is 67.3 Å². The minimum absolute atomic E-state index is 0.264. The van der Waals surface area contributed by atoms with Gasteiger partial charge in [-0.25, -0.2) is 0 Å². The van der Waals surface area contributed by atoms with Crippen LogP contribution in [0.5, 0.6) is 0 Å². The molecule has 24 heavy (non-hydrogen) atoms. The van der Waals surface area contributed by atoms with E-state index in [1.807, 2.05) is 0 Å². The Morgan fingerprint density at radius 3 is 2.46 bits per heavy atom. The zero-order valence-corrected chi connectivity index (χ0v) is 14.7. The van der Waals surface area contributed by atoms with Crippen LogP contribution in [0, 0.1) is 0 Å². The van der Waals surface area contributed by atoms with Crippen LogP contribution >= 0.6 is 27.7 Å². The van der Waals surface area contributed by atoms with Gasteiger partial charge in [-0.15, -0.1) is 0 Å². The summed E-state index contributed by atoms with van der Waals surface area (Å²) in [4.78, 5) is 41.9. The summed E-state index contributed by atoms with van der Waals surface area (Å²) in [5.41, 5.74) is 1.23. The molecule has 0 radical (unpaired) electrons. The van der Waals surface area contributed by atoms with Crippen molar-refractivity contribution in [1.29, 1.82) is 0 Å². The highest BCUT2D eigenvalue weighted by molar-refractivity contribution is 9.10. The number of benzene rings is 1. The molecule has 2 amide bonds. The summed E-state index contributed by atoms with van der Waals surface area (Å²) in [6, 6.07) is 10.3. The molecule has 7 heteroatoms. The SMILES string of the molecule is O=C(CN1C(=O)S/C(=C/c2ccncc2)C1=O)c1ccc(Br)cc1. The number of hydrogen-bond acceptors (Lipinski definition) is 5. The van der Waals surface area contributed by atoms with E-state index in [2.05, 4.69) is 20.9 Å². The molecule has 3 rings (SSSR count). The lowest BCUT2D eigenvalue weighted by Crippen LogP contribution is -2.33. The maximum Gasteiger partial charge on any atom is 0.293 e. The first-order chi connectivity index (χ1) is 11.5. The van der Waals surface area contributed by atoms with Gasteiger partial charge in [0, 0.05) is 22.4 Å². The standard InChI is InChI=1S/C17H11BrN2O3S/c18-13-3-1-12(2-4-13)14(21)10-20-16(22)15(24-17(20)23)9-11-5-7-19-8-6-11/h1-9H,10H2/b15-9+. The van der Waals surface area contributed by atoms with Gasteiger partial charge in [-0.1, -0.05) is 28.1 Å². The number of carbonyl (C=O) groups excluding carboxylic acids is 3. The van der Waals surface area contributed by atoms with Crippen LogP contribution in [0.1, 0.15) is 15.9 Å². The van der Waals surface area contributed by atoms with Crippen LogP contribution in [0.25, 0.3) is 6.08 Å². The summed E-state index contributed by atoms with van der Waals surface area (Å²) in [6.07, 6.45) is 4.83. The number of nitrogens with zero attached hydrogens (tertiary/aromatic N) is 2. The molecule has 1 fully saturated rings. The Bertz CT molecular complexity index is 835. The van der Waals surface area contributed by atoms with Gasteiger partial charge in [0.05, 0.1) is 11.4 Å². The van der Waals surface area contributed by atoms with E-state index < -0.39 is 11.1 Å². The molecule has 0 saturated carbocycles. The van der Waals surface area contributed by atoms with E-state index in [1.54, 1.807) is 54.9 Å². The summed E-state index contributed by atoms with van der Waals surface area (Å²) in [5, 5.41) is -0.439. The Morgan fingerprint density at radius 1 is 1.12 bits per heavy atom. The molecule has 2 heterocycles. The highest BCUT2D eigenvalue weighted by Crippen LogP contribution is 2.32. The fraction of sp³-hybridized carbons (Fsp3) is 0.0588. The lowest BCUT2D eigenvalue weighted by Gasteiger charge is -2.11. The van der Waals surface area contributed by atoms with Gasteiger partial charge in [-0.2, -0.15) is 0 Å². The third-order valence-corrected chi connectivity index (χ3v) is 4.78. The van der Waals surface area contributed by atoms with Gasteiger partial charge in [0.1, 0.15) is 0 Å². The van der Waals surface area contributed by atoms with Crippen molar-refractivity contribution in [2.24, 2.45) is 0 Å². The number of imide groups is 1. The largest absolute Gasteiger partial charge is 0.293 e. The van der Waals surface area contributed by atoms with E-state index in [1.165, 1.54) is 0 Å². The van der Waals surface area contributed by atoms with Crippen molar-refractivity contribution >= 4 is 50.7 Å². The number of pyridine rings is 1. The van der Waals surface area contributed by atoms with Crippen molar-refractivity contribution in [3.8, 4) is 0 Å². The first-order valence-electron chi connectivity index (χ1n) is 6.99. The molecule has 1 aromatic carbocycles. The molecule has 120 valence electrons. The number of hydrogen-bond donors (Lipinski definition) is 0. The Balaban J connectivity index is 1.76. The molecule has 0 N–H and O–H groups in total. The summed E-state index contributed by atoms with van der Waals surface area (Å²) in [6.45, 7) is -0.264. The Morgan fingerprint density at radius 2 is 1.79 bits per heavy atom. The summed E-state index contributed by atoms with van der Waals surface area (Å²) < 4.78 is 0.852. The van der Waals surface area contributed by atoms with Crippen molar-refractivity contribution in [3.63, 3.8) is 0 Å². The monoisotopic (exact) mass is 402 g/mol. The zero-order valence-electron chi connectivity index (χ0n) is 12.3. The van der Waals surface area contributed by atoms with E-state index in [0.717, 1.165) is 26.7 Å². The van der Waals surface area contributed by atoms with Crippen molar-refractivity contribution < 1.29 is 14.4 Å². The Hall–Kier alpha value is -2.25. The Labute approximate surface area is 150 Å². The lowest BCUT2D eigenvalue weighted by atomic mass is 10.1. The van der Waals surface area contributed by atoms with Gasteiger partial charge >= 0.3 is 0 Å². The minimum Gasteiger partial charge on any atom is -0.292 e. The number of amides is 2. The van der Waals surface area contributed by atoms with Crippen LogP contribution in [0.15, 0.2) is 58.2 Å². The van der Waals surface area contributed by atoms with E-state index in [0.29, 0.717) is 10.5 Å². The second kappa shape index (κ2) is 7.11. The van der Waals surface area contributed by atoms with Gasteiger partial charge in [-0.05, 0) is 47.7 Å². The quantitative estimate of drug-likeness (QED) is 0.575. The average Bonchev–Trinajstić information content (AvgIpc) is 2.84. The maximum absolute atomic E-state index is 12.4. The number of aromatic nitrogens is 1. The molecule has 0 unspecified atom stereocenters. The maximum atomic E-state index is 12.4. The third kappa shape index (κ3) is 3.63. The Kier molecular flexibility index (Phi) is 4.92. The predicted molar refractivity (Wildman–Crippen MR) is 95.4 cm³/mol. The smallest absolute Gasteiger partial charge is 0.292 e. The number of halogens is 1. The average molecular weight is 403 g/mol. The van der Waals surface area contributed by atoms with Crippen LogP contribution in [0.4, 0.5) is 4.79 Å². The molecular weight excluding hydrogens is 392 g/mol. The third-order valence-electron chi connectivity index (χ3n) is 3.35. The first-order valence-corrected chi connectivity index (χ1v) is 8.60. The van der Waals surface area contributed by atoms with Crippen molar-refractivity contribution in [2.75, 3.05) is 6.54 Å².